The number of ketones is 1. The van der Waals surface area contributed by atoms with E-state index in [9.17, 15) is 9.59 Å². The van der Waals surface area contributed by atoms with Crippen molar-refractivity contribution in [2.75, 3.05) is 0 Å². The van der Waals surface area contributed by atoms with Gasteiger partial charge in [-0.25, -0.2) is 0 Å². The molecule has 14 heavy (non-hydrogen) atoms. The number of hydrogen-bond acceptors (Lipinski definition) is 2. The van der Waals surface area contributed by atoms with Crippen molar-refractivity contribution >= 4 is 5.78 Å². The molecule has 0 saturated heterocycles. The van der Waals surface area contributed by atoms with Crippen LogP contribution >= 0.6 is 0 Å². The number of H-pyrrole nitrogens is 1. The van der Waals surface area contributed by atoms with E-state index in [2.05, 4.69) is 4.98 Å². The zero-order valence-corrected chi connectivity index (χ0v) is 8.44. The molecule has 0 unspecified atom stereocenters. The van der Waals surface area contributed by atoms with Gasteiger partial charge in [0, 0.05) is 5.69 Å². The summed E-state index contributed by atoms with van der Waals surface area (Å²) in [5.41, 5.74) is 3.24. The number of carbonyl (C=O) groups excluding carboxylic acids is 1. The van der Waals surface area contributed by atoms with Crippen LogP contribution in [0.5, 0.6) is 0 Å². The molecule has 0 spiro atoms. The third kappa shape index (κ3) is 1.20. The van der Waals surface area contributed by atoms with Gasteiger partial charge >= 0.3 is 0 Å². The molecule has 0 amide bonds. The predicted molar refractivity (Wildman–Crippen MR) is 53.8 cm³/mol. The molecule has 74 valence electrons. The average molecular weight is 191 g/mol. The van der Waals surface area contributed by atoms with Crippen LogP contribution in [-0.4, -0.2) is 10.8 Å². The van der Waals surface area contributed by atoms with E-state index < -0.39 is 0 Å². The van der Waals surface area contributed by atoms with Gasteiger partial charge in [-0.15, -0.1) is 0 Å². The molecule has 0 fully saturated rings. The summed E-state index contributed by atoms with van der Waals surface area (Å²) in [7, 11) is 0. The van der Waals surface area contributed by atoms with E-state index in [-0.39, 0.29) is 11.3 Å². The lowest BCUT2D eigenvalue weighted by atomic mass is 10.0. The number of hydrogen-bond donors (Lipinski definition) is 1. The van der Waals surface area contributed by atoms with Crippen LogP contribution in [0.3, 0.4) is 0 Å². The zero-order valence-electron chi connectivity index (χ0n) is 8.44. The van der Waals surface area contributed by atoms with Crippen molar-refractivity contribution in [3.05, 3.63) is 32.7 Å². The average Bonchev–Trinajstić information content (AvgIpc) is 2.51. The summed E-state index contributed by atoms with van der Waals surface area (Å²) >= 11 is 0. The Labute approximate surface area is 82.2 Å². The molecule has 1 heterocycles. The summed E-state index contributed by atoms with van der Waals surface area (Å²) in [5.74, 6) is -0.121. The summed E-state index contributed by atoms with van der Waals surface area (Å²) in [4.78, 5) is 25.6. The molecule has 0 atom stereocenters. The summed E-state index contributed by atoms with van der Waals surface area (Å²) in [6.45, 7) is 3.36. The van der Waals surface area contributed by atoms with Crippen LogP contribution in [0.15, 0.2) is 4.79 Å². The van der Waals surface area contributed by atoms with E-state index in [1.165, 1.54) is 12.5 Å². The predicted octanol–water partition coefficient (Wildman–Crippen LogP) is 1.37. The number of aryl methyl sites for hydroxylation is 1. The maximum atomic E-state index is 11.6. The van der Waals surface area contributed by atoms with E-state index in [4.69, 9.17) is 0 Å². The van der Waals surface area contributed by atoms with E-state index >= 15 is 0 Å². The highest BCUT2D eigenvalue weighted by atomic mass is 16.1. The minimum Gasteiger partial charge on any atom is -0.326 e. The van der Waals surface area contributed by atoms with Gasteiger partial charge in [-0.3, -0.25) is 9.59 Å². The van der Waals surface area contributed by atoms with Crippen LogP contribution in [0, 0.1) is 6.92 Å². The SMILES string of the molecule is CC(=O)c1c2c(c(C)[nH]c1=O)CCC2. The second-order valence-electron chi connectivity index (χ2n) is 3.82. The van der Waals surface area contributed by atoms with Gasteiger partial charge in [0.15, 0.2) is 5.78 Å². The van der Waals surface area contributed by atoms with Crippen LogP contribution in [0.4, 0.5) is 0 Å². The first-order valence-electron chi connectivity index (χ1n) is 4.87. The highest BCUT2D eigenvalue weighted by Gasteiger charge is 2.21. The number of nitrogens with one attached hydrogen (secondary N) is 1. The molecular formula is C11H13NO2. The van der Waals surface area contributed by atoms with Crippen molar-refractivity contribution < 1.29 is 4.79 Å². The van der Waals surface area contributed by atoms with E-state index in [1.54, 1.807) is 0 Å². The lowest BCUT2D eigenvalue weighted by Gasteiger charge is -2.06. The third-order valence-corrected chi connectivity index (χ3v) is 2.85. The highest BCUT2D eigenvalue weighted by molar-refractivity contribution is 5.95. The quantitative estimate of drug-likeness (QED) is 0.682. The van der Waals surface area contributed by atoms with Crippen LogP contribution in [0.1, 0.15) is 40.5 Å². The van der Waals surface area contributed by atoms with Crippen molar-refractivity contribution in [3.8, 4) is 0 Å². The molecule has 0 saturated carbocycles. The molecule has 0 bridgehead atoms. The summed E-state index contributed by atoms with van der Waals surface area (Å²) in [5, 5.41) is 0. The third-order valence-electron chi connectivity index (χ3n) is 2.85. The Hall–Kier alpha value is -1.38. The standard InChI is InChI=1S/C11H13NO2/c1-6-8-4-3-5-9(8)10(7(2)13)11(14)12-6/h3-5H2,1-2H3,(H,12,14). The fourth-order valence-electron chi connectivity index (χ4n) is 2.25. The fourth-order valence-corrected chi connectivity index (χ4v) is 2.25. The molecule has 2 rings (SSSR count). The first-order valence-corrected chi connectivity index (χ1v) is 4.87. The molecule has 1 N–H and O–H groups in total. The van der Waals surface area contributed by atoms with Crippen molar-refractivity contribution in [2.45, 2.75) is 33.1 Å². The maximum absolute atomic E-state index is 11.6. The maximum Gasteiger partial charge on any atom is 0.259 e. The van der Waals surface area contributed by atoms with Crippen LogP contribution < -0.4 is 5.56 Å². The molecular weight excluding hydrogens is 178 g/mol. The van der Waals surface area contributed by atoms with E-state index in [1.807, 2.05) is 6.92 Å². The molecule has 1 aromatic rings. The van der Waals surface area contributed by atoms with Crippen LogP contribution in [-0.2, 0) is 12.8 Å². The molecule has 0 radical (unpaired) electrons. The summed E-state index contributed by atoms with van der Waals surface area (Å²) in [6, 6.07) is 0. The Kier molecular flexibility index (Phi) is 2.02. The van der Waals surface area contributed by atoms with Gasteiger partial charge in [0.1, 0.15) is 0 Å². The summed E-state index contributed by atoms with van der Waals surface area (Å²) in [6.07, 6.45) is 2.90. The highest BCUT2D eigenvalue weighted by Crippen LogP contribution is 2.25. The van der Waals surface area contributed by atoms with E-state index in [0.29, 0.717) is 5.56 Å². The molecule has 3 heteroatoms. The number of fused-ring (bicyclic) bond motifs is 1. The number of pyridine rings is 1. The minimum absolute atomic E-state index is 0.121. The number of aromatic amines is 1. The molecule has 1 aromatic heterocycles. The van der Waals surface area contributed by atoms with Crippen molar-refractivity contribution in [3.63, 3.8) is 0 Å². The Bertz CT molecular complexity index is 457. The normalized spacial score (nSPS) is 14.1. The van der Waals surface area contributed by atoms with Gasteiger partial charge in [0.05, 0.1) is 5.56 Å². The monoisotopic (exact) mass is 191 g/mol. The van der Waals surface area contributed by atoms with Gasteiger partial charge in [-0.05, 0) is 44.2 Å². The molecule has 0 aromatic carbocycles. The lowest BCUT2D eigenvalue weighted by molar-refractivity contribution is 0.101. The largest absolute Gasteiger partial charge is 0.326 e. The molecule has 1 aliphatic carbocycles. The van der Waals surface area contributed by atoms with E-state index in [0.717, 1.165) is 30.5 Å². The number of aromatic nitrogens is 1. The van der Waals surface area contributed by atoms with Crippen molar-refractivity contribution in [2.24, 2.45) is 0 Å². The molecule has 3 nitrogen and oxygen atoms in total. The van der Waals surface area contributed by atoms with Crippen molar-refractivity contribution in [1.29, 1.82) is 0 Å². The minimum atomic E-state index is -0.226. The fraction of sp³-hybridized carbons (Fsp3) is 0.455. The first-order chi connectivity index (χ1) is 6.61. The van der Waals surface area contributed by atoms with Gasteiger partial charge in [0.25, 0.3) is 5.56 Å². The second-order valence-corrected chi connectivity index (χ2v) is 3.82. The Morgan fingerprint density at radius 2 is 1.93 bits per heavy atom. The van der Waals surface area contributed by atoms with Gasteiger partial charge in [-0.1, -0.05) is 0 Å². The first kappa shape index (κ1) is 9.19. The number of carbonyl (C=O) groups is 1. The topological polar surface area (TPSA) is 49.9 Å². The Balaban J connectivity index is 2.78. The lowest BCUT2D eigenvalue weighted by Crippen LogP contribution is -2.20. The second kappa shape index (κ2) is 3.08. The van der Waals surface area contributed by atoms with Gasteiger partial charge in [-0.2, -0.15) is 0 Å². The molecule has 0 aliphatic heterocycles. The van der Waals surface area contributed by atoms with Crippen LogP contribution in [0.2, 0.25) is 0 Å². The molecule has 1 aliphatic rings. The van der Waals surface area contributed by atoms with Crippen molar-refractivity contribution in [1.82, 2.24) is 4.98 Å². The van der Waals surface area contributed by atoms with Gasteiger partial charge in [0.2, 0.25) is 0 Å². The van der Waals surface area contributed by atoms with Crippen LogP contribution in [0.25, 0.3) is 0 Å². The Morgan fingerprint density at radius 1 is 1.29 bits per heavy atom. The number of rotatable bonds is 1. The smallest absolute Gasteiger partial charge is 0.259 e. The number of Topliss-reactive ketones (excluding diaryl/α,β-unsaturated/α-hetero) is 1. The Morgan fingerprint density at radius 3 is 2.57 bits per heavy atom. The van der Waals surface area contributed by atoms with Gasteiger partial charge < -0.3 is 4.98 Å². The zero-order chi connectivity index (χ0) is 10.3. The summed E-state index contributed by atoms with van der Waals surface area (Å²) < 4.78 is 0.